The van der Waals surface area contributed by atoms with Gasteiger partial charge in [0.05, 0.1) is 0 Å². The van der Waals surface area contributed by atoms with Crippen molar-refractivity contribution < 1.29 is 9.21 Å². The topological polar surface area (TPSA) is 49.6 Å². The summed E-state index contributed by atoms with van der Waals surface area (Å²) in [6.45, 7) is 7.18. The van der Waals surface area contributed by atoms with E-state index in [0.29, 0.717) is 5.02 Å². The van der Waals surface area contributed by atoms with Crippen LogP contribution in [0.25, 0.3) is 11.1 Å². The summed E-state index contributed by atoms with van der Waals surface area (Å²) >= 11 is 6.08. The first kappa shape index (κ1) is 20.9. The zero-order chi connectivity index (χ0) is 21.1. The van der Waals surface area contributed by atoms with Gasteiger partial charge < -0.3 is 9.32 Å². The lowest BCUT2D eigenvalue weighted by Crippen LogP contribution is -2.45. The van der Waals surface area contributed by atoms with Crippen molar-refractivity contribution in [3.8, 4) is 0 Å². The average molecular weight is 426 g/mol. The lowest BCUT2D eigenvalue weighted by molar-refractivity contribution is -0.137. The minimum absolute atomic E-state index is 0.182. The van der Waals surface area contributed by atoms with Crippen molar-refractivity contribution >= 4 is 28.6 Å². The Morgan fingerprint density at radius 1 is 1.17 bits per heavy atom. The molecule has 2 heterocycles. The first-order valence-corrected chi connectivity index (χ1v) is 11.1. The van der Waals surface area contributed by atoms with Crippen molar-refractivity contribution in [1.82, 2.24) is 14.8 Å². The monoisotopic (exact) mass is 425 g/mol. The molecule has 1 aliphatic rings. The van der Waals surface area contributed by atoms with Crippen LogP contribution in [0.4, 0.5) is 0 Å². The van der Waals surface area contributed by atoms with Gasteiger partial charge in [-0.3, -0.25) is 9.69 Å². The van der Waals surface area contributed by atoms with Gasteiger partial charge in [-0.2, -0.15) is 0 Å². The second kappa shape index (κ2) is 9.19. The molecule has 2 aromatic carbocycles. The number of carbonyl (C=O) groups excluding carboxylic acids is 1. The maximum atomic E-state index is 13.3. The molecule has 1 unspecified atom stereocenters. The van der Waals surface area contributed by atoms with Crippen LogP contribution in [-0.4, -0.2) is 46.9 Å². The predicted molar refractivity (Wildman–Crippen MR) is 120 cm³/mol. The molecule has 3 aromatic rings. The summed E-state index contributed by atoms with van der Waals surface area (Å²) < 4.78 is 6.00. The first-order valence-electron chi connectivity index (χ1n) is 10.7. The number of hydrogen-bond acceptors (Lipinski definition) is 4. The Hall–Kier alpha value is -2.37. The molecule has 0 radical (unpaired) electrons. The van der Waals surface area contributed by atoms with Crippen molar-refractivity contribution in [2.24, 2.45) is 0 Å². The van der Waals surface area contributed by atoms with Crippen molar-refractivity contribution in [3.05, 3.63) is 65.0 Å². The molecule has 4 rings (SSSR count). The molecule has 1 fully saturated rings. The number of halogens is 1. The fraction of sp³-hybridized carbons (Fsp3) is 0.417. The number of aromatic nitrogens is 1. The Labute approximate surface area is 182 Å². The zero-order valence-electron chi connectivity index (χ0n) is 17.6. The molecule has 0 saturated carbocycles. The number of likely N-dealkylation sites (N-methyl/N-ethyl adjacent to an activating group) is 1. The number of rotatable bonds is 6. The van der Waals surface area contributed by atoms with Crippen LogP contribution in [0.5, 0.6) is 0 Å². The van der Waals surface area contributed by atoms with Crippen molar-refractivity contribution in [3.63, 3.8) is 0 Å². The molecular weight excluding hydrogens is 398 g/mol. The molecule has 0 spiro atoms. The molecule has 1 amide bonds. The Bertz CT molecular complexity index is 992. The van der Waals surface area contributed by atoms with E-state index < -0.39 is 0 Å². The summed E-state index contributed by atoms with van der Waals surface area (Å²) in [4.78, 5) is 22.3. The fourth-order valence-corrected chi connectivity index (χ4v) is 4.52. The van der Waals surface area contributed by atoms with Crippen molar-refractivity contribution in [2.75, 3.05) is 26.2 Å². The first-order chi connectivity index (χ1) is 14.6. The third kappa shape index (κ3) is 4.23. The summed E-state index contributed by atoms with van der Waals surface area (Å²) in [5.41, 5.74) is 2.64. The van der Waals surface area contributed by atoms with Gasteiger partial charge in [0.25, 0.3) is 0 Å². The van der Waals surface area contributed by atoms with Gasteiger partial charge in [0, 0.05) is 24.0 Å². The highest BCUT2D eigenvalue weighted by molar-refractivity contribution is 6.31. The van der Waals surface area contributed by atoms with E-state index in [0.717, 1.165) is 61.6 Å². The molecule has 1 atom stereocenters. The average Bonchev–Trinajstić information content (AvgIpc) is 3.19. The summed E-state index contributed by atoms with van der Waals surface area (Å²) in [5, 5.41) is 0.665. The number of fused-ring (bicyclic) bond motifs is 1. The SMILES string of the molecule is CCN(CC)C(=O)C(c1ccccc1)N1CCC(c2nc3cc(Cl)ccc3o2)CC1. The van der Waals surface area contributed by atoms with E-state index in [1.807, 2.05) is 55.1 Å². The lowest BCUT2D eigenvalue weighted by atomic mass is 9.93. The maximum absolute atomic E-state index is 13.3. The van der Waals surface area contributed by atoms with E-state index in [9.17, 15) is 4.79 Å². The Morgan fingerprint density at radius 2 is 1.87 bits per heavy atom. The van der Waals surface area contributed by atoms with Crippen LogP contribution in [0.15, 0.2) is 52.9 Å². The molecule has 1 aromatic heterocycles. The van der Waals surface area contributed by atoms with Gasteiger partial charge in [-0.1, -0.05) is 41.9 Å². The summed E-state index contributed by atoms with van der Waals surface area (Å²) in [5.74, 6) is 1.21. The number of nitrogens with zero attached hydrogens (tertiary/aromatic N) is 3. The van der Waals surface area contributed by atoms with Crippen LogP contribution in [-0.2, 0) is 4.79 Å². The summed E-state index contributed by atoms with van der Waals surface area (Å²) in [6.07, 6.45) is 1.82. The number of likely N-dealkylation sites (tertiary alicyclic amines) is 1. The quantitative estimate of drug-likeness (QED) is 0.539. The summed E-state index contributed by atoms with van der Waals surface area (Å²) in [7, 11) is 0. The highest BCUT2D eigenvalue weighted by Gasteiger charge is 2.34. The van der Waals surface area contributed by atoms with Gasteiger partial charge in [-0.15, -0.1) is 0 Å². The third-order valence-electron chi connectivity index (χ3n) is 6.03. The Morgan fingerprint density at radius 3 is 2.53 bits per heavy atom. The lowest BCUT2D eigenvalue weighted by Gasteiger charge is -2.38. The van der Waals surface area contributed by atoms with Crippen LogP contribution < -0.4 is 0 Å². The van der Waals surface area contributed by atoms with Gasteiger partial charge in [-0.05, 0) is 63.5 Å². The molecule has 1 saturated heterocycles. The smallest absolute Gasteiger partial charge is 0.244 e. The fourth-order valence-electron chi connectivity index (χ4n) is 4.35. The van der Waals surface area contributed by atoms with Crippen LogP contribution in [0.1, 0.15) is 50.1 Å². The molecule has 0 N–H and O–H groups in total. The number of amides is 1. The van der Waals surface area contributed by atoms with Crippen molar-refractivity contribution in [1.29, 1.82) is 0 Å². The number of carbonyl (C=O) groups is 1. The molecule has 0 aliphatic carbocycles. The van der Waals surface area contributed by atoms with Gasteiger partial charge in [0.15, 0.2) is 11.5 Å². The third-order valence-corrected chi connectivity index (χ3v) is 6.27. The Kier molecular flexibility index (Phi) is 6.40. The van der Waals surface area contributed by atoms with Gasteiger partial charge in [0.1, 0.15) is 11.6 Å². The van der Waals surface area contributed by atoms with Crippen LogP contribution in [0, 0.1) is 0 Å². The predicted octanol–water partition coefficient (Wildman–Crippen LogP) is 5.27. The minimum atomic E-state index is -0.241. The van der Waals surface area contributed by atoms with Gasteiger partial charge >= 0.3 is 0 Å². The second-order valence-corrected chi connectivity index (χ2v) is 8.23. The highest BCUT2D eigenvalue weighted by Crippen LogP contribution is 2.34. The normalized spacial score (nSPS) is 16.6. The summed E-state index contributed by atoms with van der Waals surface area (Å²) in [6, 6.07) is 15.4. The zero-order valence-corrected chi connectivity index (χ0v) is 18.3. The number of benzene rings is 2. The molecular formula is C24H28ClN3O2. The van der Waals surface area contributed by atoms with E-state index in [4.69, 9.17) is 16.0 Å². The van der Waals surface area contributed by atoms with Crippen LogP contribution in [0.2, 0.25) is 5.02 Å². The van der Waals surface area contributed by atoms with E-state index in [1.54, 1.807) is 0 Å². The number of hydrogen-bond donors (Lipinski definition) is 0. The molecule has 0 bridgehead atoms. The molecule has 5 nitrogen and oxygen atoms in total. The maximum Gasteiger partial charge on any atom is 0.244 e. The standard InChI is InChI=1S/C24H28ClN3O2/c1-3-27(4-2)24(29)22(17-8-6-5-7-9-17)28-14-12-18(13-15-28)23-26-20-16-19(25)10-11-21(20)30-23/h5-11,16,18,22H,3-4,12-15H2,1-2H3. The molecule has 1 aliphatic heterocycles. The highest BCUT2D eigenvalue weighted by atomic mass is 35.5. The number of piperidine rings is 1. The van der Waals surface area contributed by atoms with E-state index in [1.165, 1.54) is 0 Å². The molecule has 6 heteroatoms. The van der Waals surface area contributed by atoms with Gasteiger partial charge in [-0.25, -0.2) is 4.98 Å². The van der Waals surface area contributed by atoms with E-state index >= 15 is 0 Å². The van der Waals surface area contributed by atoms with E-state index in [2.05, 4.69) is 22.0 Å². The molecule has 158 valence electrons. The second-order valence-electron chi connectivity index (χ2n) is 7.80. The van der Waals surface area contributed by atoms with Crippen LogP contribution >= 0.6 is 11.6 Å². The van der Waals surface area contributed by atoms with Crippen LogP contribution in [0.3, 0.4) is 0 Å². The van der Waals surface area contributed by atoms with E-state index in [-0.39, 0.29) is 17.9 Å². The number of oxazole rings is 1. The molecule has 30 heavy (non-hydrogen) atoms. The largest absolute Gasteiger partial charge is 0.440 e. The van der Waals surface area contributed by atoms with Crippen molar-refractivity contribution in [2.45, 2.75) is 38.6 Å². The van der Waals surface area contributed by atoms with Gasteiger partial charge in [0.2, 0.25) is 5.91 Å². The Balaban J connectivity index is 1.52. The minimum Gasteiger partial charge on any atom is -0.440 e.